The lowest BCUT2D eigenvalue weighted by Gasteiger charge is -2.08. The molecule has 0 atom stereocenters. The Morgan fingerprint density at radius 2 is 2.15 bits per heavy atom. The Morgan fingerprint density at radius 3 is 2.70 bits per heavy atom. The Kier molecular flexibility index (Phi) is 4.26. The maximum Gasteiger partial charge on any atom is 0.242 e. The molecule has 0 radical (unpaired) electrons. The molecule has 0 aromatic carbocycles. The summed E-state index contributed by atoms with van der Waals surface area (Å²) >= 11 is 5.93. The van der Waals surface area contributed by atoms with Crippen LogP contribution in [0.25, 0.3) is 0 Å². The number of anilines is 1. The minimum atomic E-state index is -3.67. The molecule has 0 spiro atoms. The normalized spacial score (nSPS) is 11.6. The van der Waals surface area contributed by atoms with Crippen LogP contribution in [-0.4, -0.2) is 30.6 Å². The number of aromatic nitrogens is 3. The Hall–Kier alpha value is -1.64. The van der Waals surface area contributed by atoms with Gasteiger partial charge in [0.05, 0.1) is 11.2 Å². The van der Waals surface area contributed by atoms with E-state index in [9.17, 15) is 8.42 Å². The number of aromatic amines is 1. The van der Waals surface area contributed by atoms with Crippen LogP contribution >= 0.6 is 11.6 Å². The molecule has 2 rings (SSSR count). The van der Waals surface area contributed by atoms with E-state index < -0.39 is 10.0 Å². The molecule has 0 bridgehead atoms. The summed E-state index contributed by atoms with van der Waals surface area (Å²) in [7, 11) is -2.01. The van der Waals surface area contributed by atoms with Crippen LogP contribution in [-0.2, 0) is 16.6 Å². The van der Waals surface area contributed by atoms with E-state index in [-0.39, 0.29) is 16.5 Å². The highest BCUT2D eigenvalue weighted by molar-refractivity contribution is 7.89. The highest BCUT2D eigenvalue weighted by Gasteiger charge is 2.16. The number of rotatable bonds is 5. The third kappa shape index (κ3) is 3.09. The van der Waals surface area contributed by atoms with Gasteiger partial charge in [-0.2, -0.15) is 5.10 Å². The van der Waals surface area contributed by atoms with Gasteiger partial charge in [0.2, 0.25) is 10.0 Å². The number of hydrogen-bond donors (Lipinski definition) is 3. The molecule has 9 heteroatoms. The van der Waals surface area contributed by atoms with Gasteiger partial charge in [0.15, 0.2) is 0 Å². The maximum atomic E-state index is 12.1. The van der Waals surface area contributed by atoms with Crippen molar-refractivity contribution in [2.45, 2.75) is 18.4 Å². The van der Waals surface area contributed by atoms with Crippen molar-refractivity contribution in [1.29, 1.82) is 0 Å². The molecule has 0 aliphatic heterocycles. The zero-order valence-corrected chi connectivity index (χ0v) is 12.5. The van der Waals surface area contributed by atoms with Crippen molar-refractivity contribution < 1.29 is 8.42 Å². The monoisotopic (exact) mass is 315 g/mol. The summed E-state index contributed by atoms with van der Waals surface area (Å²) in [5, 5.41) is 9.58. The molecule has 0 saturated carbocycles. The zero-order chi connectivity index (χ0) is 14.8. The second-order valence-electron chi connectivity index (χ2n) is 4.10. The summed E-state index contributed by atoms with van der Waals surface area (Å²) < 4.78 is 26.7. The van der Waals surface area contributed by atoms with Crippen LogP contribution in [0.4, 0.5) is 5.82 Å². The lowest BCUT2D eigenvalue weighted by atomic mass is 10.3. The molecule has 0 unspecified atom stereocenters. The lowest BCUT2D eigenvalue weighted by Crippen LogP contribution is -2.23. The first-order valence-corrected chi connectivity index (χ1v) is 7.62. The number of pyridine rings is 1. The zero-order valence-electron chi connectivity index (χ0n) is 10.9. The predicted octanol–water partition coefficient (Wildman–Crippen LogP) is 1.29. The molecule has 0 saturated heterocycles. The molecule has 0 fully saturated rings. The van der Waals surface area contributed by atoms with Crippen molar-refractivity contribution >= 4 is 27.4 Å². The highest BCUT2D eigenvalue weighted by atomic mass is 35.5. The van der Waals surface area contributed by atoms with E-state index in [1.165, 1.54) is 12.3 Å². The van der Waals surface area contributed by atoms with Crippen molar-refractivity contribution in [1.82, 2.24) is 19.9 Å². The molecular weight excluding hydrogens is 302 g/mol. The fourth-order valence-electron chi connectivity index (χ4n) is 1.56. The number of nitrogens with zero attached hydrogens (tertiary/aromatic N) is 2. The number of H-pyrrole nitrogens is 1. The number of halogens is 1. The second kappa shape index (κ2) is 5.78. The first-order chi connectivity index (χ1) is 9.44. The fourth-order valence-corrected chi connectivity index (χ4v) is 2.86. The second-order valence-corrected chi connectivity index (χ2v) is 6.27. The standard InChI is InChI=1S/C11H14ClN5O2S/c1-7-8(4-15-17-7)5-16-20(18,19)9-3-10(12)11(13-2)14-6-9/h3-4,6,16H,5H2,1-2H3,(H,13,14)(H,15,17). The van der Waals surface area contributed by atoms with Crippen LogP contribution in [0, 0.1) is 6.92 Å². The molecule has 20 heavy (non-hydrogen) atoms. The van der Waals surface area contributed by atoms with Gasteiger partial charge in [0.1, 0.15) is 10.7 Å². The van der Waals surface area contributed by atoms with E-state index in [0.717, 1.165) is 11.3 Å². The molecule has 0 aliphatic rings. The molecule has 2 aromatic rings. The third-order valence-electron chi connectivity index (χ3n) is 2.75. The maximum absolute atomic E-state index is 12.1. The summed E-state index contributed by atoms with van der Waals surface area (Å²) in [6, 6.07) is 1.35. The molecule has 7 nitrogen and oxygen atoms in total. The van der Waals surface area contributed by atoms with Gasteiger partial charge in [-0.05, 0) is 13.0 Å². The van der Waals surface area contributed by atoms with Crippen LogP contribution < -0.4 is 10.0 Å². The molecule has 2 aromatic heterocycles. The van der Waals surface area contributed by atoms with Crippen molar-refractivity contribution in [3.05, 3.63) is 34.7 Å². The van der Waals surface area contributed by atoms with Gasteiger partial charge < -0.3 is 5.32 Å². The van der Waals surface area contributed by atoms with Crippen molar-refractivity contribution in [3.8, 4) is 0 Å². The van der Waals surface area contributed by atoms with Gasteiger partial charge in [-0.25, -0.2) is 18.1 Å². The predicted molar refractivity (Wildman–Crippen MR) is 76.1 cm³/mol. The minimum Gasteiger partial charge on any atom is -0.372 e. The summed E-state index contributed by atoms with van der Waals surface area (Å²) in [5.74, 6) is 0.427. The van der Waals surface area contributed by atoms with Gasteiger partial charge in [-0.1, -0.05) is 11.6 Å². The third-order valence-corrected chi connectivity index (χ3v) is 4.41. The molecule has 3 N–H and O–H groups in total. The van der Waals surface area contributed by atoms with Gasteiger partial charge in [-0.3, -0.25) is 5.10 Å². The summed E-state index contributed by atoms with van der Waals surface area (Å²) in [6.07, 6.45) is 2.83. The number of hydrogen-bond acceptors (Lipinski definition) is 5. The van der Waals surface area contributed by atoms with Crippen LogP contribution in [0.3, 0.4) is 0 Å². The van der Waals surface area contributed by atoms with Gasteiger partial charge in [0.25, 0.3) is 0 Å². The van der Waals surface area contributed by atoms with Crippen molar-refractivity contribution in [2.24, 2.45) is 0 Å². The molecule has 0 amide bonds. The van der Waals surface area contributed by atoms with E-state index in [2.05, 4.69) is 25.2 Å². The lowest BCUT2D eigenvalue weighted by molar-refractivity contribution is 0.581. The van der Waals surface area contributed by atoms with E-state index in [1.54, 1.807) is 13.2 Å². The number of nitrogens with one attached hydrogen (secondary N) is 3. The van der Waals surface area contributed by atoms with E-state index >= 15 is 0 Å². The fraction of sp³-hybridized carbons (Fsp3) is 0.273. The quantitative estimate of drug-likeness (QED) is 0.772. The molecule has 2 heterocycles. The van der Waals surface area contributed by atoms with Crippen LogP contribution in [0.15, 0.2) is 23.4 Å². The Balaban J connectivity index is 2.18. The van der Waals surface area contributed by atoms with E-state index in [4.69, 9.17) is 11.6 Å². The van der Waals surface area contributed by atoms with Crippen molar-refractivity contribution in [3.63, 3.8) is 0 Å². The topological polar surface area (TPSA) is 99.8 Å². The summed E-state index contributed by atoms with van der Waals surface area (Å²) in [5.41, 5.74) is 1.59. The van der Waals surface area contributed by atoms with Gasteiger partial charge >= 0.3 is 0 Å². The number of aryl methyl sites for hydroxylation is 1. The highest BCUT2D eigenvalue weighted by Crippen LogP contribution is 2.22. The first-order valence-electron chi connectivity index (χ1n) is 5.76. The van der Waals surface area contributed by atoms with Crippen LogP contribution in [0.2, 0.25) is 5.02 Å². The van der Waals surface area contributed by atoms with E-state index in [1.807, 2.05) is 6.92 Å². The largest absolute Gasteiger partial charge is 0.372 e. The van der Waals surface area contributed by atoms with Crippen molar-refractivity contribution in [2.75, 3.05) is 12.4 Å². The minimum absolute atomic E-state index is 0.0163. The molecule has 108 valence electrons. The Morgan fingerprint density at radius 1 is 1.40 bits per heavy atom. The summed E-state index contributed by atoms with van der Waals surface area (Å²) in [6.45, 7) is 1.97. The first kappa shape index (κ1) is 14.8. The Labute approximate surface area is 121 Å². The van der Waals surface area contributed by atoms with Crippen LogP contribution in [0.1, 0.15) is 11.3 Å². The molecule has 0 aliphatic carbocycles. The molecular formula is C11H14ClN5O2S. The van der Waals surface area contributed by atoms with Gasteiger partial charge in [0, 0.05) is 31.0 Å². The summed E-state index contributed by atoms with van der Waals surface area (Å²) in [4.78, 5) is 3.96. The SMILES string of the molecule is CNc1ncc(S(=O)(=O)NCc2cn[nH]c2C)cc1Cl. The van der Waals surface area contributed by atoms with Crippen LogP contribution in [0.5, 0.6) is 0 Å². The Bertz CT molecular complexity index is 713. The van der Waals surface area contributed by atoms with E-state index in [0.29, 0.717) is 5.82 Å². The average molecular weight is 316 g/mol. The number of sulfonamides is 1. The smallest absolute Gasteiger partial charge is 0.242 e. The average Bonchev–Trinajstić information content (AvgIpc) is 2.82. The van der Waals surface area contributed by atoms with Gasteiger partial charge in [-0.15, -0.1) is 0 Å².